The number of ketones is 1. The summed E-state index contributed by atoms with van der Waals surface area (Å²) in [4.78, 5) is 12.4. The molecule has 0 radical (unpaired) electrons. The van der Waals surface area contributed by atoms with Crippen LogP contribution in [0.25, 0.3) is 6.08 Å². The number of hydrogen-bond donors (Lipinski definition) is 2. The molecule has 0 saturated heterocycles. The van der Waals surface area contributed by atoms with Crippen molar-refractivity contribution in [3.05, 3.63) is 59.7 Å². The molecule has 4 nitrogen and oxygen atoms in total. The first-order valence-corrected chi connectivity index (χ1v) is 12.6. The third-order valence-electron chi connectivity index (χ3n) is 5.82. The van der Waals surface area contributed by atoms with Crippen LogP contribution < -0.4 is 4.74 Å². The normalized spacial score (nSPS) is 11.2. The smallest absolute Gasteiger partial charge is 0.189 e. The van der Waals surface area contributed by atoms with Gasteiger partial charge in [-0.25, -0.2) is 0 Å². The number of carbonyl (C=O) groups is 1. The Morgan fingerprint density at radius 2 is 1.36 bits per heavy atom. The summed E-state index contributed by atoms with van der Waals surface area (Å²) in [7, 11) is 0. The number of phenols is 2. The van der Waals surface area contributed by atoms with Crippen molar-refractivity contribution in [1.82, 2.24) is 0 Å². The van der Waals surface area contributed by atoms with Gasteiger partial charge < -0.3 is 14.9 Å². The van der Waals surface area contributed by atoms with Gasteiger partial charge in [0.25, 0.3) is 0 Å². The highest BCUT2D eigenvalue weighted by atomic mass is 16.5. The summed E-state index contributed by atoms with van der Waals surface area (Å²) in [5.41, 5.74) is 1.03. The Balaban J connectivity index is 1.59. The van der Waals surface area contributed by atoms with E-state index < -0.39 is 0 Å². The molecule has 0 heterocycles. The fourth-order valence-electron chi connectivity index (χ4n) is 3.79. The van der Waals surface area contributed by atoms with Gasteiger partial charge in [0.05, 0.1) is 12.2 Å². The van der Waals surface area contributed by atoms with Crippen molar-refractivity contribution in [2.24, 2.45) is 0 Å². The lowest BCUT2D eigenvalue weighted by Gasteiger charge is -2.08. The summed E-state index contributed by atoms with van der Waals surface area (Å²) in [5.74, 6) is 0.389. The molecule has 0 bridgehead atoms. The van der Waals surface area contributed by atoms with E-state index in [1.165, 1.54) is 76.4 Å². The molecular weight excluding hydrogens is 412 g/mol. The Bertz CT molecular complexity index is 839. The molecule has 0 saturated carbocycles. The van der Waals surface area contributed by atoms with Crippen LogP contribution in [0.15, 0.2) is 48.5 Å². The van der Waals surface area contributed by atoms with Gasteiger partial charge in [-0.3, -0.25) is 4.79 Å². The third-order valence-corrected chi connectivity index (χ3v) is 5.82. The molecule has 0 aliphatic heterocycles. The van der Waals surface area contributed by atoms with Crippen molar-refractivity contribution in [3.8, 4) is 17.2 Å². The van der Waals surface area contributed by atoms with E-state index >= 15 is 0 Å². The maximum Gasteiger partial charge on any atom is 0.189 e. The van der Waals surface area contributed by atoms with Gasteiger partial charge in [-0.2, -0.15) is 0 Å². The minimum atomic E-state index is -0.284. The maximum absolute atomic E-state index is 12.4. The first kappa shape index (κ1) is 26.5. The summed E-state index contributed by atoms with van der Waals surface area (Å²) in [5, 5.41) is 19.5. The molecule has 0 spiro atoms. The molecule has 2 rings (SSSR count). The molecule has 4 heteroatoms. The summed E-state index contributed by atoms with van der Waals surface area (Å²) < 4.78 is 5.74. The zero-order valence-electron chi connectivity index (χ0n) is 20.1. The second kappa shape index (κ2) is 16.0. The Morgan fingerprint density at radius 1 is 0.788 bits per heavy atom. The quantitative estimate of drug-likeness (QED) is 0.145. The lowest BCUT2D eigenvalue weighted by molar-refractivity contribution is 0.104. The van der Waals surface area contributed by atoms with Crippen LogP contribution in [0.2, 0.25) is 0 Å². The van der Waals surface area contributed by atoms with Gasteiger partial charge in [-0.15, -0.1) is 0 Å². The van der Waals surface area contributed by atoms with E-state index in [-0.39, 0.29) is 22.8 Å². The number of benzene rings is 2. The highest BCUT2D eigenvalue weighted by Crippen LogP contribution is 2.25. The van der Waals surface area contributed by atoms with Crippen LogP contribution in [-0.2, 0) is 0 Å². The van der Waals surface area contributed by atoms with Crippen LogP contribution >= 0.6 is 0 Å². The zero-order chi connectivity index (χ0) is 23.7. The van der Waals surface area contributed by atoms with Crippen molar-refractivity contribution in [3.63, 3.8) is 0 Å². The van der Waals surface area contributed by atoms with Crippen LogP contribution in [0, 0.1) is 0 Å². The van der Waals surface area contributed by atoms with Gasteiger partial charge in [0.1, 0.15) is 17.2 Å². The number of rotatable bonds is 17. The average Bonchev–Trinajstić information content (AvgIpc) is 2.81. The van der Waals surface area contributed by atoms with Gasteiger partial charge in [0.15, 0.2) is 5.78 Å². The number of carbonyl (C=O) groups excluding carboxylic acids is 1. The Kier molecular flexibility index (Phi) is 12.8. The van der Waals surface area contributed by atoms with E-state index in [4.69, 9.17) is 4.74 Å². The van der Waals surface area contributed by atoms with Crippen molar-refractivity contribution < 1.29 is 19.7 Å². The highest BCUT2D eigenvalue weighted by molar-refractivity contribution is 6.08. The summed E-state index contributed by atoms with van der Waals surface area (Å²) >= 11 is 0. The second-order valence-electron chi connectivity index (χ2n) is 8.71. The van der Waals surface area contributed by atoms with Crippen molar-refractivity contribution in [1.29, 1.82) is 0 Å². The van der Waals surface area contributed by atoms with Crippen LogP contribution in [0.5, 0.6) is 17.2 Å². The SMILES string of the molecule is CCCCCCCCCCCCCCOc1ccc(C(=O)/C=C/c2ccc(O)cc2)c(O)c1. The zero-order valence-corrected chi connectivity index (χ0v) is 20.1. The van der Waals surface area contributed by atoms with E-state index in [9.17, 15) is 15.0 Å². The number of aromatic hydroxyl groups is 2. The monoisotopic (exact) mass is 452 g/mol. The predicted octanol–water partition coefficient (Wildman–Crippen LogP) is 8.07. The van der Waals surface area contributed by atoms with E-state index in [1.54, 1.807) is 42.5 Å². The van der Waals surface area contributed by atoms with E-state index in [0.717, 1.165) is 18.4 Å². The van der Waals surface area contributed by atoms with Gasteiger partial charge >= 0.3 is 0 Å². The van der Waals surface area contributed by atoms with Gasteiger partial charge in [-0.1, -0.05) is 95.8 Å². The molecule has 0 aliphatic carbocycles. The first-order chi connectivity index (χ1) is 16.1. The Labute approximate surface area is 199 Å². The minimum absolute atomic E-state index is 0.0810. The number of hydrogen-bond acceptors (Lipinski definition) is 4. The molecule has 2 aromatic carbocycles. The molecule has 0 amide bonds. The number of phenolic OH excluding ortho intramolecular Hbond substituents is 2. The molecular formula is C29H40O4. The summed E-state index contributed by atoms with van der Waals surface area (Å²) in [6, 6.07) is 11.4. The fraction of sp³-hybridized carbons (Fsp3) is 0.483. The third kappa shape index (κ3) is 11.1. The first-order valence-electron chi connectivity index (χ1n) is 12.6. The van der Waals surface area contributed by atoms with Gasteiger partial charge in [0, 0.05) is 6.07 Å². The molecule has 2 N–H and O–H groups in total. The lowest BCUT2D eigenvalue weighted by atomic mass is 10.1. The molecule has 2 aromatic rings. The summed E-state index contributed by atoms with van der Waals surface area (Å²) in [6.45, 7) is 2.87. The van der Waals surface area contributed by atoms with Crippen LogP contribution in [-0.4, -0.2) is 22.6 Å². The fourth-order valence-corrected chi connectivity index (χ4v) is 3.79. The molecule has 0 aliphatic rings. The Hall–Kier alpha value is -2.75. The molecule has 180 valence electrons. The van der Waals surface area contributed by atoms with E-state index in [1.807, 2.05) is 0 Å². The number of ether oxygens (including phenoxy) is 1. The number of allylic oxidation sites excluding steroid dienone is 1. The van der Waals surface area contributed by atoms with Crippen molar-refractivity contribution >= 4 is 11.9 Å². The summed E-state index contributed by atoms with van der Waals surface area (Å²) in [6.07, 6.45) is 18.7. The van der Waals surface area contributed by atoms with E-state index in [0.29, 0.717) is 12.4 Å². The molecule has 0 aromatic heterocycles. The largest absolute Gasteiger partial charge is 0.508 e. The Morgan fingerprint density at radius 3 is 1.94 bits per heavy atom. The van der Waals surface area contributed by atoms with Gasteiger partial charge in [-0.05, 0) is 42.3 Å². The van der Waals surface area contributed by atoms with Crippen molar-refractivity contribution in [2.45, 2.75) is 84.0 Å². The van der Waals surface area contributed by atoms with Crippen molar-refractivity contribution in [2.75, 3.05) is 6.61 Å². The second-order valence-corrected chi connectivity index (χ2v) is 8.71. The van der Waals surface area contributed by atoms with Crippen LogP contribution in [0.3, 0.4) is 0 Å². The molecule has 33 heavy (non-hydrogen) atoms. The minimum Gasteiger partial charge on any atom is -0.508 e. The topological polar surface area (TPSA) is 66.8 Å². The molecule has 0 unspecified atom stereocenters. The maximum atomic E-state index is 12.4. The van der Waals surface area contributed by atoms with Gasteiger partial charge in [0.2, 0.25) is 0 Å². The number of unbranched alkanes of at least 4 members (excludes halogenated alkanes) is 11. The molecule has 0 fully saturated rings. The van der Waals surface area contributed by atoms with E-state index in [2.05, 4.69) is 6.92 Å². The average molecular weight is 453 g/mol. The van der Waals surface area contributed by atoms with Crippen LogP contribution in [0.1, 0.15) is 99.9 Å². The van der Waals surface area contributed by atoms with Crippen LogP contribution in [0.4, 0.5) is 0 Å². The molecule has 0 atom stereocenters. The highest BCUT2D eigenvalue weighted by Gasteiger charge is 2.09. The lowest BCUT2D eigenvalue weighted by Crippen LogP contribution is -1.99. The predicted molar refractivity (Wildman–Crippen MR) is 136 cm³/mol. The standard InChI is InChI=1S/C29H40O4/c1-2-3-4-5-6-7-8-9-10-11-12-13-22-33-26-19-20-27(29(32)23-26)28(31)21-16-24-14-17-25(30)18-15-24/h14-21,23,30,32H,2-13,22H2,1H3/b21-16+.